The standard InChI is InChI=1S/C17H15N5O4S/c1-9-8-14(23)15(16(24)19-17-18-10(2)11(3)27-17)20-21(9)12-6-4-5-7-13(12)22(25)26/h4-8H,1-3H3,(H,18,19,24). The zero-order valence-corrected chi connectivity index (χ0v) is 15.5. The van der Waals surface area contributed by atoms with Crippen molar-refractivity contribution >= 4 is 28.1 Å². The lowest BCUT2D eigenvalue weighted by Gasteiger charge is -2.11. The highest BCUT2D eigenvalue weighted by Gasteiger charge is 2.21. The molecule has 1 N–H and O–H groups in total. The van der Waals surface area contributed by atoms with E-state index in [0.29, 0.717) is 10.8 Å². The zero-order chi connectivity index (χ0) is 19.7. The number of nitrogens with one attached hydrogen (secondary N) is 1. The van der Waals surface area contributed by atoms with Crippen molar-refractivity contribution in [1.29, 1.82) is 0 Å². The summed E-state index contributed by atoms with van der Waals surface area (Å²) >= 11 is 1.28. The van der Waals surface area contributed by atoms with Gasteiger partial charge in [0.25, 0.3) is 11.6 Å². The summed E-state index contributed by atoms with van der Waals surface area (Å²) in [4.78, 5) is 40.7. The number of para-hydroxylation sites is 2. The third-order valence-corrected chi connectivity index (χ3v) is 4.87. The summed E-state index contributed by atoms with van der Waals surface area (Å²) in [6.07, 6.45) is 0. The average molecular weight is 385 g/mol. The Labute approximate surface area is 157 Å². The van der Waals surface area contributed by atoms with Crippen LogP contribution in [0.25, 0.3) is 5.69 Å². The fraction of sp³-hybridized carbons (Fsp3) is 0.176. The van der Waals surface area contributed by atoms with Crippen LogP contribution in [-0.4, -0.2) is 25.6 Å². The van der Waals surface area contributed by atoms with E-state index in [1.165, 1.54) is 40.3 Å². The Kier molecular flexibility index (Phi) is 4.82. The molecular formula is C17H15N5O4S. The molecule has 27 heavy (non-hydrogen) atoms. The van der Waals surface area contributed by atoms with E-state index in [9.17, 15) is 19.7 Å². The Morgan fingerprint density at radius 3 is 2.59 bits per heavy atom. The highest BCUT2D eigenvalue weighted by atomic mass is 32.1. The van der Waals surface area contributed by atoms with Gasteiger partial charge in [-0.15, -0.1) is 11.3 Å². The van der Waals surface area contributed by atoms with Crippen molar-refractivity contribution in [2.75, 3.05) is 5.32 Å². The second kappa shape index (κ2) is 7.08. The molecule has 3 rings (SSSR count). The molecule has 0 spiro atoms. The number of hydrogen-bond donors (Lipinski definition) is 1. The lowest BCUT2D eigenvalue weighted by Crippen LogP contribution is -2.27. The molecule has 0 atom stereocenters. The summed E-state index contributed by atoms with van der Waals surface area (Å²) in [5.74, 6) is -0.721. The van der Waals surface area contributed by atoms with Crippen LogP contribution in [0.5, 0.6) is 0 Å². The smallest absolute Gasteiger partial charge is 0.294 e. The van der Waals surface area contributed by atoms with Gasteiger partial charge in [-0.05, 0) is 26.8 Å². The first kappa shape index (κ1) is 18.4. The van der Waals surface area contributed by atoms with Crippen LogP contribution in [0.2, 0.25) is 0 Å². The van der Waals surface area contributed by atoms with E-state index in [4.69, 9.17) is 0 Å². The van der Waals surface area contributed by atoms with Crippen LogP contribution < -0.4 is 10.7 Å². The normalized spacial score (nSPS) is 10.6. The van der Waals surface area contributed by atoms with E-state index in [-0.39, 0.29) is 17.1 Å². The molecule has 10 heteroatoms. The number of nitro benzene ring substituents is 1. The van der Waals surface area contributed by atoms with E-state index in [1.54, 1.807) is 13.0 Å². The average Bonchev–Trinajstić information content (AvgIpc) is 2.92. The third-order valence-electron chi connectivity index (χ3n) is 3.88. The summed E-state index contributed by atoms with van der Waals surface area (Å²) in [6.45, 7) is 5.27. The largest absolute Gasteiger partial charge is 0.296 e. The summed E-state index contributed by atoms with van der Waals surface area (Å²) in [5.41, 5.74) is 0.176. The molecule has 0 bridgehead atoms. The van der Waals surface area contributed by atoms with Crippen molar-refractivity contribution < 1.29 is 9.72 Å². The minimum atomic E-state index is -0.721. The van der Waals surface area contributed by atoms with Crippen LogP contribution >= 0.6 is 11.3 Å². The van der Waals surface area contributed by atoms with Crippen LogP contribution in [0.1, 0.15) is 26.8 Å². The second-order valence-electron chi connectivity index (χ2n) is 5.77. The van der Waals surface area contributed by atoms with Gasteiger partial charge in [0.15, 0.2) is 10.8 Å². The van der Waals surface area contributed by atoms with Crippen LogP contribution in [0.3, 0.4) is 0 Å². The number of aromatic nitrogens is 3. The lowest BCUT2D eigenvalue weighted by molar-refractivity contribution is -0.384. The second-order valence-corrected chi connectivity index (χ2v) is 6.97. The van der Waals surface area contributed by atoms with Gasteiger partial charge in [0.05, 0.1) is 10.6 Å². The van der Waals surface area contributed by atoms with Gasteiger partial charge in [-0.1, -0.05) is 12.1 Å². The Morgan fingerprint density at radius 2 is 1.96 bits per heavy atom. The van der Waals surface area contributed by atoms with Crippen LogP contribution in [0, 0.1) is 30.9 Å². The first-order valence-electron chi connectivity index (χ1n) is 7.88. The van der Waals surface area contributed by atoms with E-state index in [2.05, 4.69) is 15.4 Å². The molecule has 3 aromatic rings. The summed E-state index contributed by atoms with van der Waals surface area (Å²) < 4.78 is 1.22. The number of anilines is 1. The lowest BCUT2D eigenvalue weighted by atomic mass is 10.2. The van der Waals surface area contributed by atoms with Crippen molar-refractivity contribution in [3.05, 3.63) is 72.6 Å². The van der Waals surface area contributed by atoms with Crippen LogP contribution in [0.15, 0.2) is 35.1 Å². The maximum atomic E-state index is 12.5. The molecule has 0 radical (unpaired) electrons. The number of hydrogen-bond acceptors (Lipinski definition) is 7. The Bertz CT molecular complexity index is 1100. The first-order chi connectivity index (χ1) is 12.8. The SMILES string of the molecule is Cc1nc(NC(=O)c2nn(-c3ccccc3[N+](=O)[O-])c(C)cc2=O)sc1C. The Hall–Kier alpha value is -3.40. The molecule has 0 fully saturated rings. The third kappa shape index (κ3) is 3.60. The Balaban J connectivity index is 2.06. The monoisotopic (exact) mass is 385 g/mol. The van der Waals surface area contributed by atoms with Gasteiger partial charge in [0.2, 0.25) is 5.43 Å². The number of carbonyl (C=O) groups excluding carboxylic acids is 1. The molecule has 0 unspecified atom stereocenters. The highest BCUT2D eigenvalue weighted by Crippen LogP contribution is 2.23. The van der Waals surface area contributed by atoms with Crippen molar-refractivity contribution in [2.24, 2.45) is 0 Å². The van der Waals surface area contributed by atoms with Gasteiger partial charge in [-0.2, -0.15) is 5.10 Å². The first-order valence-corrected chi connectivity index (χ1v) is 8.69. The van der Waals surface area contributed by atoms with E-state index in [1.807, 2.05) is 13.8 Å². The number of rotatable bonds is 4. The van der Waals surface area contributed by atoms with Gasteiger partial charge >= 0.3 is 0 Å². The number of nitro groups is 1. The van der Waals surface area contributed by atoms with Gasteiger partial charge in [0.1, 0.15) is 5.69 Å². The fourth-order valence-electron chi connectivity index (χ4n) is 2.43. The minimum Gasteiger partial charge on any atom is -0.296 e. The number of aryl methyl sites for hydroxylation is 3. The van der Waals surface area contributed by atoms with Gasteiger partial charge in [0, 0.05) is 22.7 Å². The molecule has 1 aromatic carbocycles. The summed E-state index contributed by atoms with van der Waals surface area (Å²) in [6, 6.07) is 7.19. The van der Waals surface area contributed by atoms with Gasteiger partial charge < -0.3 is 0 Å². The number of amides is 1. The molecule has 2 aromatic heterocycles. The maximum absolute atomic E-state index is 12.5. The molecule has 0 aliphatic rings. The van der Waals surface area contributed by atoms with E-state index >= 15 is 0 Å². The zero-order valence-electron chi connectivity index (χ0n) is 14.7. The molecule has 2 heterocycles. The van der Waals surface area contributed by atoms with E-state index in [0.717, 1.165) is 10.6 Å². The fourth-order valence-corrected chi connectivity index (χ4v) is 3.24. The molecule has 0 aliphatic carbocycles. The molecular weight excluding hydrogens is 370 g/mol. The molecule has 0 aliphatic heterocycles. The quantitative estimate of drug-likeness (QED) is 0.545. The predicted octanol–water partition coefficient (Wildman–Crippen LogP) is 2.77. The molecule has 1 amide bonds. The van der Waals surface area contributed by atoms with Gasteiger partial charge in [-0.25, -0.2) is 9.67 Å². The van der Waals surface area contributed by atoms with Crippen molar-refractivity contribution in [1.82, 2.24) is 14.8 Å². The number of benzene rings is 1. The molecule has 138 valence electrons. The number of nitrogens with zero attached hydrogens (tertiary/aromatic N) is 4. The summed E-state index contributed by atoms with van der Waals surface area (Å²) in [5, 5.41) is 18.3. The number of carbonyl (C=O) groups is 1. The summed E-state index contributed by atoms with van der Waals surface area (Å²) in [7, 11) is 0. The Morgan fingerprint density at radius 1 is 1.26 bits per heavy atom. The van der Waals surface area contributed by atoms with Crippen LogP contribution in [-0.2, 0) is 0 Å². The molecule has 9 nitrogen and oxygen atoms in total. The minimum absolute atomic E-state index is 0.162. The topological polar surface area (TPSA) is 120 Å². The van der Waals surface area contributed by atoms with Crippen LogP contribution in [0.4, 0.5) is 10.8 Å². The molecule has 0 saturated carbocycles. The van der Waals surface area contributed by atoms with Crippen molar-refractivity contribution in [3.63, 3.8) is 0 Å². The van der Waals surface area contributed by atoms with Gasteiger partial charge in [-0.3, -0.25) is 25.0 Å². The highest BCUT2D eigenvalue weighted by molar-refractivity contribution is 7.15. The number of thiazole rings is 1. The van der Waals surface area contributed by atoms with Crippen molar-refractivity contribution in [3.8, 4) is 5.69 Å². The maximum Gasteiger partial charge on any atom is 0.294 e. The van der Waals surface area contributed by atoms with Crippen molar-refractivity contribution in [2.45, 2.75) is 20.8 Å². The van der Waals surface area contributed by atoms with E-state index < -0.39 is 16.3 Å². The predicted molar refractivity (Wildman–Crippen MR) is 101 cm³/mol. The molecule has 0 saturated heterocycles.